The second kappa shape index (κ2) is 3.64. The van der Waals surface area contributed by atoms with Gasteiger partial charge in [-0.2, -0.15) is 5.10 Å². The number of hydrogen-bond acceptors (Lipinski definition) is 3. The van der Waals surface area contributed by atoms with Crippen molar-refractivity contribution < 1.29 is 9.59 Å². The van der Waals surface area contributed by atoms with Crippen molar-refractivity contribution in [2.45, 2.75) is 32.6 Å². The summed E-state index contributed by atoms with van der Waals surface area (Å²) >= 11 is 0. The number of hydrogen-bond donors (Lipinski definition) is 2. The second-order valence-electron chi connectivity index (χ2n) is 4.59. The predicted octanol–water partition coefficient (Wildman–Crippen LogP) is 0.169. The van der Waals surface area contributed by atoms with Crippen LogP contribution >= 0.6 is 0 Å². The summed E-state index contributed by atoms with van der Waals surface area (Å²) in [5.41, 5.74) is 3.04. The Labute approximate surface area is 88.3 Å². The first-order valence-electron chi connectivity index (χ1n) is 5.23. The summed E-state index contributed by atoms with van der Waals surface area (Å²) in [5, 5.41) is 6.59. The molecule has 2 rings (SSSR count). The van der Waals surface area contributed by atoms with Crippen molar-refractivity contribution in [2.75, 3.05) is 6.54 Å². The zero-order valence-electron chi connectivity index (χ0n) is 8.80. The number of hydrazone groups is 1. The van der Waals surface area contributed by atoms with Crippen LogP contribution < -0.4 is 10.7 Å². The van der Waals surface area contributed by atoms with Crippen molar-refractivity contribution >= 4 is 17.5 Å². The smallest absolute Gasteiger partial charge is 0.267 e. The Morgan fingerprint density at radius 1 is 1.53 bits per heavy atom. The molecule has 15 heavy (non-hydrogen) atoms. The molecule has 1 aliphatic carbocycles. The van der Waals surface area contributed by atoms with Crippen LogP contribution in [0.25, 0.3) is 0 Å². The van der Waals surface area contributed by atoms with Crippen molar-refractivity contribution in [1.82, 2.24) is 10.7 Å². The highest BCUT2D eigenvalue weighted by Gasteiger charge is 2.37. The monoisotopic (exact) mass is 209 g/mol. The lowest BCUT2D eigenvalue weighted by Gasteiger charge is -2.13. The fraction of sp³-hybridized carbons (Fsp3) is 0.700. The van der Waals surface area contributed by atoms with Gasteiger partial charge in [0.25, 0.3) is 5.91 Å². The first-order valence-corrected chi connectivity index (χ1v) is 5.23. The Hall–Kier alpha value is -1.39. The molecule has 0 aromatic rings. The van der Waals surface area contributed by atoms with Crippen LogP contribution in [0.15, 0.2) is 5.10 Å². The maximum Gasteiger partial charge on any atom is 0.267 e. The molecule has 0 saturated heterocycles. The molecule has 0 aromatic heterocycles. The van der Waals surface area contributed by atoms with Crippen molar-refractivity contribution in [1.29, 1.82) is 0 Å². The normalized spacial score (nSPS) is 22.7. The van der Waals surface area contributed by atoms with Crippen LogP contribution in [0.2, 0.25) is 0 Å². The molecular weight excluding hydrogens is 194 g/mol. The first-order chi connectivity index (χ1) is 7.09. The van der Waals surface area contributed by atoms with E-state index >= 15 is 0 Å². The van der Waals surface area contributed by atoms with Gasteiger partial charge in [0.2, 0.25) is 5.91 Å². The summed E-state index contributed by atoms with van der Waals surface area (Å²) < 4.78 is 0. The average molecular weight is 209 g/mol. The van der Waals surface area contributed by atoms with Gasteiger partial charge in [-0.25, -0.2) is 5.43 Å². The van der Waals surface area contributed by atoms with E-state index in [4.69, 9.17) is 0 Å². The summed E-state index contributed by atoms with van der Waals surface area (Å²) in [4.78, 5) is 22.4. The standard InChI is InChI=1S/C10H15N3O2/c1-10(4-5-10)6-11-9(15)7-2-3-8(14)13-12-7/h2-6H2,1H3,(H,11,15)(H,13,14). The average Bonchev–Trinajstić information content (AvgIpc) is 2.95. The van der Waals surface area contributed by atoms with Gasteiger partial charge in [-0.05, 0) is 18.3 Å². The molecule has 0 aromatic carbocycles. The van der Waals surface area contributed by atoms with Gasteiger partial charge in [0.15, 0.2) is 0 Å². The topological polar surface area (TPSA) is 70.6 Å². The molecule has 2 aliphatic rings. The van der Waals surface area contributed by atoms with Crippen LogP contribution in [-0.4, -0.2) is 24.1 Å². The Kier molecular flexibility index (Phi) is 2.46. The summed E-state index contributed by atoms with van der Waals surface area (Å²) in [7, 11) is 0. The van der Waals surface area contributed by atoms with Crippen LogP contribution in [0.5, 0.6) is 0 Å². The molecule has 1 fully saturated rings. The minimum Gasteiger partial charge on any atom is -0.350 e. The molecule has 0 unspecified atom stereocenters. The number of carbonyl (C=O) groups is 2. The van der Waals surface area contributed by atoms with Crippen LogP contribution in [0.1, 0.15) is 32.6 Å². The maximum absolute atomic E-state index is 11.6. The molecule has 0 bridgehead atoms. The molecule has 5 heteroatoms. The molecule has 82 valence electrons. The largest absolute Gasteiger partial charge is 0.350 e. The molecule has 2 N–H and O–H groups in total. The van der Waals surface area contributed by atoms with Gasteiger partial charge in [0, 0.05) is 19.4 Å². The molecule has 5 nitrogen and oxygen atoms in total. The molecule has 0 spiro atoms. The fourth-order valence-corrected chi connectivity index (χ4v) is 1.42. The van der Waals surface area contributed by atoms with E-state index in [0.29, 0.717) is 30.5 Å². The van der Waals surface area contributed by atoms with E-state index in [1.165, 1.54) is 12.8 Å². The zero-order valence-corrected chi connectivity index (χ0v) is 8.80. The first kappa shape index (κ1) is 10.1. The molecular formula is C10H15N3O2. The quantitative estimate of drug-likeness (QED) is 0.695. The van der Waals surface area contributed by atoms with E-state index in [0.717, 1.165) is 0 Å². The Bertz CT molecular complexity index is 332. The molecule has 1 aliphatic heterocycles. The molecule has 1 heterocycles. The van der Waals surface area contributed by atoms with Crippen molar-refractivity contribution in [3.63, 3.8) is 0 Å². The zero-order chi connectivity index (χ0) is 10.9. The third kappa shape index (κ3) is 2.55. The molecule has 0 atom stereocenters. The summed E-state index contributed by atoms with van der Waals surface area (Å²) in [5.74, 6) is -0.274. The number of amides is 2. The highest BCUT2D eigenvalue weighted by molar-refractivity contribution is 6.39. The lowest BCUT2D eigenvalue weighted by Crippen LogP contribution is -2.38. The van der Waals surface area contributed by atoms with E-state index in [9.17, 15) is 9.59 Å². The van der Waals surface area contributed by atoms with Crippen molar-refractivity contribution in [3.05, 3.63) is 0 Å². The van der Waals surface area contributed by atoms with Gasteiger partial charge in [0.1, 0.15) is 5.71 Å². The second-order valence-corrected chi connectivity index (χ2v) is 4.59. The minimum atomic E-state index is -0.150. The van der Waals surface area contributed by atoms with Crippen molar-refractivity contribution in [2.24, 2.45) is 10.5 Å². The predicted molar refractivity (Wildman–Crippen MR) is 55.2 cm³/mol. The summed E-state index contributed by atoms with van der Waals surface area (Å²) in [6.07, 6.45) is 3.14. The Morgan fingerprint density at radius 3 is 2.80 bits per heavy atom. The summed E-state index contributed by atoms with van der Waals surface area (Å²) in [6, 6.07) is 0. The van der Waals surface area contributed by atoms with Gasteiger partial charge in [0.05, 0.1) is 0 Å². The highest BCUT2D eigenvalue weighted by atomic mass is 16.2. The number of nitrogens with zero attached hydrogens (tertiary/aromatic N) is 1. The lowest BCUT2D eigenvalue weighted by atomic mass is 10.1. The van der Waals surface area contributed by atoms with E-state index < -0.39 is 0 Å². The van der Waals surface area contributed by atoms with Gasteiger partial charge < -0.3 is 5.32 Å². The van der Waals surface area contributed by atoms with Gasteiger partial charge in [-0.3, -0.25) is 9.59 Å². The Morgan fingerprint density at radius 2 is 2.27 bits per heavy atom. The van der Waals surface area contributed by atoms with E-state index in [1.54, 1.807) is 0 Å². The van der Waals surface area contributed by atoms with Gasteiger partial charge in [-0.15, -0.1) is 0 Å². The van der Waals surface area contributed by atoms with Crippen LogP contribution in [0.4, 0.5) is 0 Å². The molecule has 2 amide bonds. The van der Waals surface area contributed by atoms with Crippen molar-refractivity contribution in [3.8, 4) is 0 Å². The van der Waals surface area contributed by atoms with Gasteiger partial charge in [-0.1, -0.05) is 6.92 Å². The highest BCUT2D eigenvalue weighted by Crippen LogP contribution is 2.43. The maximum atomic E-state index is 11.6. The molecule has 1 saturated carbocycles. The third-order valence-corrected chi connectivity index (χ3v) is 2.95. The lowest BCUT2D eigenvalue weighted by molar-refractivity contribution is -0.121. The van der Waals surface area contributed by atoms with Gasteiger partial charge >= 0.3 is 0 Å². The van der Waals surface area contributed by atoms with E-state index in [1.807, 2.05) is 0 Å². The fourth-order valence-electron chi connectivity index (χ4n) is 1.42. The SMILES string of the molecule is CC1(CNC(=O)C2=NNC(=O)CC2)CC1. The number of rotatable bonds is 3. The minimum absolute atomic E-state index is 0.124. The van der Waals surface area contributed by atoms with Crippen LogP contribution in [0, 0.1) is 5.41 Å². The van der Waals surface area contributed by atoms with Crippen LogP contribution in [0.3, 0.4) is 0 Å². The Balaban J connectivity index is 1.82. The van der Waals surface area contributed by atoms with Crippen LogP contribution in [-0.2, 0) is 9.59 Å². The van der Waals surface area contributed by atoms with E-state index in [2.05, 4.69) is 22.8 Å². The third-order valence-electron chi connectivity index (χ3n) is 2.95. The number of nitrogens with one attached hydrogen (secondary N) is 2. The summed E-state index contributed by atoms with van der Waals surface area (Å²) in [6.45, 7) is 2.86. The number of carbonyl (C=O) groups excluding carboxylic acids is 2. The molecule has 0 radical (unpaired) electrons. The van der Waals surface area contributed by atoms with E-state index in [-0.39, 0.29) is 11.8 Å².